The predicted molar refractivity (Wildman–Crippen MR) is 57.7 cm³/mol. The summed E-state index contributed by atoms with van der Waals surface area (Å²) in [5.74, 6) is -0.356. The largest absolute Gasteiger partial charge is 0.493 e. The Morgan fingerprint density at radius 2 is 2.06 bits per heavy atom. The third kappa shape index (κ3) is 4.01. The Balaban J connectivity index is 3.07. The predicted octanol–water partition coefficient (Wildman–Crippen LogP) is 3.71. The first-order chi connectivity index (χ1) is 7.87. The van der Waals surface area contributed by atoms with Crippen LogP contribution in [0, 0.1) is 0 Å². The van der Waals surface area contributed by atoms with Gasteiger partial charge in [-0.3, -0.25) is 4.79 Å². The summed E-state index contributed by atoms with van der Waals surface area (Å²) in [6.07, 6.45) is 0.334. The van der Waals surface area contributed by atoms with Crippen molar-refractivity contribution < 1.29 is 26.9 Å². The van der Waals surface area contributed by atoms with Crippen molar-refractivity contribution in [3.63, 3.8) is 0 Å². The highest BCUT2D eigenvalue weighted by atomic mass is 35.5. The minimum absolute atomic E-state index is 0.0450. The Hall–Kier alpha value is -1.08. The maximum atomic E-state index is 12.0. The van der Waals surface area contributed by atoms with Gasteiger partial charge in [0.2, 0.25) is 0 Å². The lowest BCUT2D eigenvalue weighted by molar-refractivity contribution is -0.0370. The maximum absolute atomic E-state index is 12.0. The molecule has 0 N–H and O–H groups in total. The minimum Gasteiger partial charge on any atom is -0.493 e. The number of hydrogen-bond donors (Lipinski definition) is 0. The second-order valence-corrected chi connectivity index (χ2v) is 3.99. The zero-order valence-electron chi connectivity index (χ0n) is 8.38. The topological polar surface area (TPSA) is 35.5 Å². The van der Waals surface area contributed by atoms with Gasteiger partial charge in [0.05, 0.1) is 12.7 Å². The highest BCUT2D eigenvalue weighted by Gasteiger charge is 2.32. The van der Waals surface area contributed by atoms with Gasteiger partial charge in [0.15, 0.2) is 29.8 Å². The van der Waals surface area contributed by atoms with Gasteiger partial charge in [0, 0.05) is 11.1 Å². The number of halogens is 4. The van der Waals surface area contributed by atoms with E-state index in [1.807, 2.05) is 0 Å². The van der Waals surface area contributed by atoms with Gasteiger partial charge in [-0.2, -0.15) is 13.2 Å². The summed E-state index contributed by atoms with van der Waals surface area (Å²) >= 11 is 4.92. The molecule has 1 aromatic rings. The van der Waals surface area contributed by atoms with Crippen LogP contribution in [0.1, 0.15) is 10.4 Å². The number of ether oxygens (including phenoxy) is 1. The molecule has 0 aromatic heterocycles. The molecule has 17 heavy (non-hydrogen) atoms. The quantitative estimate of drug-likeness (QED) is 0.624. The fourth-order valence-corrected chi connectivity index (χ4v) is 1.58. The molecule has 0 spiro atoms. The SMILES string of the molecule is COc1cc(Cl)cc(C=O)c1OSC(F)(F)F. The molecule has 0 saturated heterocycles. The third-order valence-electron chi connectivity index (χ3n) is 1.61. The molecule has 0 radical (unpaired) electrons. The van der Waals surface area contributed by atoms with Gasteiger partial charge in [0.25, 0.3) is 0 Å². The Kier molecular flexibility index (Phi) is 4.53. The average Bonchev–Trinajstić information content (AvgIpc) is 2.24. The lowest BCUT2D eigenvalue weighted by Crippen LogP contribution is -2.04. The molecule has 0 amide bonds. The van der Waals surface area contributed by atoms with Crippen LogP contribution in [0.4, 0.5) is 13.2 Å². The molecular weight excluding hydrogens is 281 g/mol. The van der Waals surface area contributed by atoms with Crippen LogP contribution in [0.3, 0.4) is 0 Å². The molecule has 1 aromatic carbocycles. The summed E-state index contributed by atoms with van der Waals surface area (Å²) in [6.45, 7) is 0. The molecular formula is C9H6ClF3O3S. The van der Waals surface area contributed by atoms with E-state index < -0.39 is 17.6 Å². The van der Waals surface area contributed by atoms with Crippen LogP contribution in [0.25, 0.3) is 0 Å². The standard InChI is InChI=1S/C9H6ClF3O3S/c1-15-7-3-6(10)2-5(4-14)8(7)16-17-9(11,12)13/h2-4H,1H3. The number of benzene rings is 1. The Morgan fingerprint density at radius 1 is 1.41 bits per heavy atom. The molecule has 0 aliphatic carbocycles. The molecule has 0 aliphatic rings. The van der Waals surface area contributed by atoms with Gasteiger partial charge < -0.3 is 8.92 Å². The van der Waals surface area contributed by atoms with Crippen molar-refractivity contribution in [2.24, 2.45) is 0 Å². The van der Waals surface area contributed by atoms with Crippen molar-refractivity contribution in [3.05, 3.63) is 22.7 Å². The Labute approximate surface area is 104 Å². The van der Waals surface area contributed by atoms with Crippen molar-refractivity contribution in [2.75, 3.05) is 7.11 Å². The number of alkyl halides is 3. The second kappa shape index (κ2) is 5.50. The summed E-state index contributed by atoms with van der Waals surface area (Å²) in [7, 11) is 1.23. The number of methoxy groups -OCH3 is 1. The van der Waals surface area contributed by atoms with E-state index >= 15 is 0 Å². The number of carbonyl (C=O) groups is 1. The lowest BCUT2D eigenvalue weighted by Gasteiger charge is -2.12. The minimum atomic E-state index is -4.58. The molecule has 0 aliphatic heterocycles. The highest BCUT2D eigenvalue weighted by Crippen LogP contribution is 2.40. The van der Waals surface area contributed by atoms with Gasteiger partial charge in [-0.15, -0.1) is 0 Å². The second-order valence-electron chi connectivity index (χ2n) is 2.76. The van der Waals surface area contributed by atoms with Gasteiger partial charge in [-0.25, -0.2) is 0 Å². The van der Waals surface area contributed by atoms with Crippen LogP contribution in [-0.4, -0.2) is 18.9 Å². The van der Waals surface area contributed by atoms with E-state index in [0.717, 1.165) is 0 Å². The molecule has 0 fully saturated rings. The fourth-order valence-electron chi connectivity index (χ4n) is 1.01. The van der Waals surface area contributed by atoms with Gasteiger partial charge in [-0.1, -0.05) is 11.6 Å². The molecule has 8 heteroatoms. The zero-order chi connectivity index (χ0) is 13.1. The summed E-state index contributed by atoms with van der Waals surface area (Å²) in [5, 5.41) is 0.160. The van der Waals surface area contributed by atoms with Crippen molar-refractivity contribution in [3.8, 4) is 11.5 Å². The van der Waals surface area contributed by atoms with E-state index in [0.29, 0.717) is 6.29 Å². The summed E-state index contributed by atoms with van der Waals surface area (Å²) in [6, 6.07) is 2.43. The molecule has 0 atom stereocenters. The van der Waals surface area contributed by atoms with Gasteiger partial charge in [0.1, 0.15) is 0 Å². The number of carbonyl (C=O) groups excluding carboxylic acids is 1. The normalized spacial score (nSPS) is 11.1. The molecule has 94 valence electrons. The highest BCUT2D eigenvalue weighted by molar-refractivity contribution is 7.95. The number of hydrogen-bond acceptors (Lipinski definition) is 4. The average molecular weight is 287 g/mol. The first-order valence-corrected chi connectivity index (χ1v) is 5.24. The van der Waals surface area contributed by atoms with Gasteiger partial charge in [-0.05, 0) is 6.07 Å². The van der Waals surface area contributed by atoms with Crippen LogP contribution in [-0.2, 0) is 0 Å². The van der Waals surface area contributed by atoms with E-state index in [1.165, 1.54) is 19.2 Å². The fraction of sp³-hybridized carbons (Fsp3) is 0.222. The van der Waals surface area contributed by atoms with Crippen molar-refractivity contribution in [1.29, 1.82) is 0 Å². The van der Waals surface area contributed by atoms with E-state index in [9.17, 15) is 18.0 Å². The van der Waals surface area contributed by atoms with Crippen molar-refractivity contribution in [2.45, 2.75) is 5.51 Å². The first kappa shape index (κ1) is 14.0. The van der Waals surface area contributed by atoms with Crippen LogP contribution < -0.4 is 8.92 Å². The van der Waals surface area contributed by atoms with Crippen LogP contribution >= 0.6 is 23.6 Å². The number of rotatable bonds is 4. The number of aldehydes is 1. The van der Waals surface area contributed by atoms with Crippen LogP contribution in [0.2, 0.25) is 5.02 Å². The first-order valence-electron chi connectivity index (χ1n) is 4.12. The van der Waals surface area contributed by atoms with E-state index in [4.69, 9.17) is 16.3 Å². The lowest BCUT2D eigenvalue weighted by atomic mass is 10.2. The molecule has 0 unspecified atom stereocenters. The smallest absolute Gasteiger partial charge is 0.479 e. The van der Waals surface area contributed by atoms with Crippen LogP contribution in [0.5, 0.6) is 11.5 Å². The van der Waals surface area contributed by atoms with Crippen LogP contribution in [0.15, 0.2) is 12.1 Å². The Bertz CT molecular complexity index is 423. The summed E-state index contributed by atoms with van der Waals surface area (Å²) < 4.78 is 45.2. The van der Waals surface area contributed by atoms with E-state index in [1.54, 1.807) is 0 Å². The van der Waals surface area contributed by atoms with E-state index in [2.05, 4.69) is 4.18 Å². The maximum Gasteiger partial charge on any atom is 0.479 e. The molecule has 0 saturated carbocycles. The van der Waals surface area contributed by atoms with Crippen molar-refractivity contribution in [1.82, 2.24) is 0 Å². The van der Waals surface area contributed by atoms with Crippen molar-refractivity contribution >= 4 is 29.9 Å². The molecule has 0 heterocycles. The molecule has 0 bridgehead atoms. The zero-order valence-corrected chi connectivity index (χ0v) is 9.95. The third-order valence-corrected chi connectivity index (χ3v) is 2.27. The molecule has 3 nitrogen and oxygen atoms in total. The van der Waals surface area contributed by atoms with E-state index in [-0.39, 0.29) is 22.1 Å². The monoisotopic (exact) mass is 286 g/mol. The summed E-state index contributed by atoms with van der Waals surface area (Å²) in [5.41, 5.74) is -4.70. The van der Waals surface area contributed by atoms with Gasteiger partial charge >= 0.3 is 5.51 Å². The molecule has 1 rings (SSSR count). The Morgan fingerprint density at radius 3 is 2.53 bits per heavy atom. The summed E-state index contributed by atoms with van der Waals surface area (Å²) in [4.78, 5) is 10.7.